The molecule has 0 bridgehead atoms. The van der Waals surface area contributed by atoms with E-state index < -0.39 is 31.6 Å². The number of rotatable bonds is 8. The number of sulfonamides is 1. The summed E-state index contributed by atoms with van der Waals surface area (Å²) in [5.74, 6) is -1.11. The number of ether oxygens (including phenoxy) is 1. The van der Waals surface area contributed by atoms with Crippen molar-refractivity contribution >= 4 is 53.0 Å². The number of fused-ring (bicyclic) bond motifs is 1. The lowest BCUT2D eigenvalue weighted by Crippen LogP contribution is -2.19. The second kappa shape index (κ2) is 10.5. The van der Waals surface area contributed by atoms with Crippen LogP contribution in [0, 0.1) is 5.82 Å². The average molecular weight is 564 g/mol. The van der Waals surface area contributed by atoms with Crippen LogP contribution >= 0.6 is 11.3 Å². The fourth-order valence-corrected chi connectivity index (χ4v) is 6.30. The van der Waals surface area contributed by atoms with Gasteiger partial charge < -0.3 is 9.30 Å². The van der Waals surface area contributed by atoms with Gasteiger partial charge in [0.2, 0.25) is 0 Å². The van der Waals surface area contributed by atoms with Crippen molar-refractivity contribution in [3.63, 3.8) is 0 Å². The Morgan fingerprint density at radius 2 is 1.65 bits per heavy atom. The number of carbonyl (C=O) groups is 1. The highest BCUT2D eigenvalue weighted by molar-refractivity contribution is 7.92. The van der Waals surface area contributed by atoms with Gasteiger partial charge in [-0.1, -0.05) is 11.3 Å². The van der Waals surface area contributed by atoms with Gasteiger partial charge in [0.05, 0.1) is 26.6 Å². The van der Waals surface area contributed by atoms with Crippen LogP contribution in [0.15, 0.2) is 81.5 Å². The smallest absolute Gasteiger partial charge is 0.279 e. The summed E-state index contributed by atoms with van der Waals surface area (Å²) in [5, 5.41) is 0. The molecule has 37 heavy (non-hydrogen) atoms. The van der Waals surface area contributed by atoms with E-state index in [2.05, 4.69) is 9.71 Å². The summed E-state index contributed by atoms with van der Waals surface area (Å²) in [6.45, 7) is 0.745. The van der Waals surface area contributed by atoms with Gasteiger partial charge in [-0.15, -0.1) is 0 Å². The number of nitrogens with zero attached hydrogens (tertiary/aromatic N) is 2. The molecule has 0 fully saturated rings. The molecule has 0 atom stereocenters. The molecule has 4 aromatic rings. The monoisotopic (exact) mass is 563 g/mol. The van der Waals surface area contributed by atoms with Crippen molar-refractivity contribution < 1.29 is 30.8 Å². The topological polar surface area (TPSA) is 124 Å². The lowest BCUT2D eigenvalue weighted by molar-refractivity contribution is 0.0997. The minimum atomic E-state index is -3.94. The van der Waals surface area contributed by atoms with Crippen molar-refractivity contribution in [3.8, 4) is 0 Å². The Hall–Kier alpha value is -3.39. The summed E-state index contributed by atoms with van der Waals surface area (Å²) in [6, 6.07) is 14.8. The van der Waals surface area contributed by atoms with Crippen molar-refractivity contribution in [2.75, 3.05) is 24.7 Å². The molecule has 0 aliphatic heterocycles. The molecule has 9 nitrogen and oxygen atoms in total. The van der Waals surface area contributed by atoms with Gasteiger partial charge in [-0.25, -0.2) is 21.2 Å². The molecule has 0 spiro atoms. The molecule has 1 heterocycles. The normalized spacial score (nSPS) is 12.7. The molecule has 0 aliphatic rings. The first-order chi connectivity index (χ1) is 17.5. The van der Waals surface area contributed by atoms with Gasteiger partial charge in [0, 0.05) is 31.2 Å². The number of carbonyl (C=O) groups excluding carboxylic acids is 1. The Bertz CT molecular complexity index is 1740. The number of aromatic nitrogens is 1. The minimum absolute atomic E-state index is 0.103. The molecule has 3 aromatic carbocycles. The molecule has 4 rings (SSSR count). The van der Waals surface area contributed by atoms with Crippen LogP contribution < -0.4 is 9.52 Å². The van der Waals surface area contributed by atoms with Crippen molar-refractivity contribution in [1.82, 2.24) is 4.57 Å². The van der Waals surface area contributed by atoms with Crippen LogP contribution in [-0.2, 0) is 31.1 Å². The van der Waals surface area contributed by atoms with E-state index >= 15 is 0 Å². The van der Waals surface area contributed by atoms with Crippen molar-refractivity contribution in [1.29, 1.82) is 0 Å². The molecule has 0 aliphatic carbocycles. The standard InChI is InChI=1S/C24H22FN3O6S3/c1-34-14-13-28-21-12-11-20(36(2,30)31)15-22(21)35-24(28)26-23(29)16-3-7-18(8-4-16)27-37(32,33)19-9-5-17(25)6-10-19/h3-12,15,27H,13-14H2,1-2H3. The molecule has 194 valence electrons. The summed E-state index contributed by atoms with van der Waals surface area (Å²) < 4.78 is 72.0. The highest BCUT2D eigenvalue weighted by atomic mass is 32.2. The van der Waals surface area contributed by atoms with E-state index in [-0.39, 0.29) is 21.0 Å². The fraction of sp³-hybridized carbons (Fsp3) is 0.167. The molecule has 0 unspecified atom stereocenters. The quantitative estimate of drug-likeness (QED) is 0.350. The lowest BCUT2D eigenvalue weighted by Gasteiger charge is -2.08. The van der Waals surface area contributed by atoms with Gasteiger partial charge in [0.1, 0.15) is 5.82 Å². The summed E-state index contributed by atoms with van der Waals surface area (Å²) >= 11 is 1.17. The van der Waals surface area contributed by atoms with Crippen molar-refractivity contribution in [3.05, 3.63) is 82.9 Å². The van der Waals surface area contributed by atoms with Crippen LogP contribution in [0.3, 0.4) is 0 Å². The summed E-state index contributed by atoms with van der Waals surface area (Å²) in [4.78, 5) is 17.6. The molecular formula is C24H22FN3O6S3. The van der Waals surface area contributed by atoms with Gasteiger partial charge in [-0.05, 0) is 66.7 Å². The zero-order valence-electron chi connectivity index (χ0n) is 19.7. The molecule has 0 saturated heterocycles. The number of methoxy groups -OCH3 is 1. The van der Waals surface area contributed by atoms with E-state index in [0.717, 1.165) is 30.5 Å². The van der Waals surface area contributed by atoms with Gasteiger partial charge in [-0.2, -0.15) is 4.99 Å². The van der Waals surface area contributed by atoms with Crippen molar-refractivity contribution in [2.24, 2.45) is 4.99 Å². The number of sulfone groups is 1. The Labute approximate surface area is 216 Å². The minimum Gasteiger partial charge on any atom is -0.383 e. The number of benzene rings is 3. The second-order valence-corrected chi connectivity index (χ2v) is 12.7. The first-order valence-electron chi connectivity index (χ1n) is 10.8. The second-order valence-electron chi connectivity index (χ2n) is 7.98. The number of anilines is 1. The van der Waals surface area contributed by atoms with Crippen molar-refractivity contribution in [2.45, 2.75) is 16.3 Å². The third-order valence-corrected chi connectivity index (χ3v) is 8.86. The predicted octanol–water partition coefficient (Wildman–Crippen LogP) is 3.43. The number of hydrogen-bond donors (Lipinski definition) is 1. The molecule has 1 aromatic heterocycles. The Morgan fingerprint density at radius 3 is 2.27 bits per heavy atom. The molecule has 13 heteroatoms. The van der Waals surface area contributed by atoms with E-state index in [1.165, 1.54) is 41.7 Å². The zero-order chi connectivity index (χ0) is 26.8. The number of nitrogens with one attached hydrogen (secondary N) is 1. The Balaban J connectivity index is 1.63. The van der Waals surface area contributed by atoms with Gasteiger partial charge in [-0.3, -0.25) is 9.52 Å². The van der Waals surface area contributed by atoms with E-state index in [1.54, 1.807) is 23.8 Å². The molecule has 0 radical (unpaired) electrons. The predicted molar refractivity (Wildman–Crippen MR) is 138 cm³/mol. The molecule has 1 N–H and O–H groups in total. The SMILES string of the molecule is COCCn1c(=NC(=O)c2ccc(NS(=O)(=O)c3ccc(F)cc3)cc2)sc2cc(S(C)(=O)=O)ccc21. The number of amides is 1. The maximum atomic E-state index is 13.1. The molecule has 1 amide bonds. The number of halogens is 1. The maximum absolute atomic E-state index is 13.1. The third kappa shape index (κ3) is 6.13. The Morgan fingerprint density at radius 1 is 1.00 bits per heavy atom. The summed E-state index contributed by atoms with van der Waals surface area (Å²) in [6.07, 6.45) is 1.12. The van der Waals surface area contributed by atoms with E-state index in [0.29, 0.717) is 28.2 Å². The number of hydrogen-bond acceptors (Lipinski definition) is 7. The van der Waals surface area contributed by atoms with E-state index in [1.807, 2.05) is 0 Å². The lowest BCUT2D eigenvalue weighted by atomic mass is 10.2. The maximum Gasteiger partial charge on any atom is 0.279 e. The largest absolute Gasteiger partial charge is 0.383 e. The van der Waals surface area contributed by atoms with E-state index in [4.69, 9.17) is 4.74 Å². The average Bonchev–Trinajstić information content (AvgIpc) is 3.18. The van der Waals surface area contributed by atoms with Crippen LogP contribution in [0.2, 0.25) is 0 Å². The summed E-state index contributed by atoms with van der Waals surface area (Å²) in [7, 11) is -5.80. The van der Waals surface area contributed by atoms with Gasteiger partial charge >= 0.3 is 0 Å². The zero-order valence-corrected chi connectivity index (χ0v) is 22.2. The van der Waals surface area contributed by atoms with Gasteiger partial charge in [0.15, 0.2) is 14.6 Å². The van der Waals surface area contributed by atoms with Gasteiger partial charge in [0.25, 0.3) is 15.9 Å². The van der Waals surface area contributed by atoms with Crippen LogP contribution in [0.1, 0.15) is 10.4 Å². The highest BCUT2D eigenvalue weighted by Gasteiger charge is 2.16. The first-order valence-corrected chi connectivity index (χ1v) is 15.0. The van der Waals surface area contributed by atoms with Crippen LogP contribution in [0.25, 0.3) is 10.2 Å². The Kier molecular flexibility index (Phi) is 7.59. The summed E-state index contributed by atoms with van der Waals surface area (Å²) in [5.41, 5.74) is 1.15. The molecule has 0 saturated carbocycles. The third-order valence-electron chi connectivity index (χ3n) is 5.31. The van der Waals surface area contributed by atoms with Crippen LogP contribution in [0.4, 0.5) is 10.1 Å². The highest BCUT2D eigenvalue weighted by Crippen LogP contribution is 2.22. The van der Waals surface area contributed by atoms with Crippen LogP contribution in [0.5, 0.6) is 0 Å². The van der Waals surface area contributed by atoms with E-state index in [9.17, 15) is 26.0 Å². The first kappa shape index (κ1) is 26.7. The van der Waals surface area contributed by atoms with Crippen LogP contribution in [-0.4, -0.2) is 47.3 Å². The fourth-order valence-electron chi connectivity index (χ4n) is 3.43. The molecular weight excluding hydrogens is 541 g/mol. The number of thiazole rings is 1.